The number of benzene rings is 1. The number of hydrogen-bond acceptors (Lipinski definition) is 5. The number of anilines is 1. The zero-order chi connectivity index (χ0) is 15.4. The molecule has 1 aromatic carbocycles. The van der Waals surface area contributed by atoms with Crippen molar-refractivity contribution in [1.82, 2.24) is 4.98 Å². The quantitative estimate of drug-likeness (QED) is 0.688. The molecule has 1 atom stereocenters. The van der Waals surface area contributed by atoms with Crippen LogP contribution in [0.25, 0.3) is 0 Å². The number of halogens is 1. The summed E-state index contributed by atoms with van der Waals surface area (Å²) in [6.07, 6.45) is 1.07. The minimum Gasteiger partial charge on any atom is -0.362 e. The van der Waals surface area contributed by atoms with E-state index in [-0.39, 0.29) is 28.9 Å². The monoisotopic (exact) mass is 286 g/mol. The van der Waals surface area contributed by atoms with Gasteiger partial charge >= 0.3 is 0 Å². The van der Waals surface area contributed by atoms with Crippen molar-refractivity contribution >= 4 is 11.5 Å². The van der Waals surface area contributed by atoms with Crippen LogP contribution in [-0.2, 0) is 0 Å². The van der Waals surface area contributed by atoms with Crippen LogP contribution in [0.15, 0.2) is 36.5 Å². The van der Waals surface area contributed by atoms with E-state index in [9.17, 15) is 14.5 Å². The van der Waals surface area contributed by atoms with Crippen LogP contribution >= 0.6 is 0 Å². The van der Waals surface area contributed by atoms with E-state index in [1.807, 2.05) is 6.07 Å². The second kappa shape index (κ2) is 5.96. The summed E-state index contributed by atoms with van der Waals surface area (Å²) in [6.45, 7) is 1.78. The Morgan fingerprint density at radius 1 is 1.48 bits per heavy atom. The Labute approximate surface area is 120 Å². The predicted molar refractivity (Wildman–Crippen MR) is 74.0 cm³/mol. The smallest absolute Gasteiger partial charge is 0.289 e. The lowest BCUT2D eigenvalue weighted by Crippen LogP contribution is -2.10. The Morgan fingerprint density at radius 3 is 2.86 bits per heavy atom. The van der Waals surface area contributed by atoms with E-state index in [0.29, 0.717) is 5.56 Å². The highest BCUT2D eigenvalue weighted by Gasteiger charge is 2.14. The first-order valence-corrected chi connectivity index (χ1v) is 6.08. The molecule has 1 aromatic heterocycles. The van der Waals surface area contributed by atoms with Gasteiger partial charge in [0, 0.05) is 6.07 Å². The first-order chi connectivity index (χ1) is 10.0. The molecule has 106 valence electrons. The van der Waals surface area contributed by atoms with Crippen molar-refractivity contribution < 1.29 is 9.31 Å². The van der Waals surface area contributed by atoms with Gasteiger partial charge in [0.1, 0.15) is 29.5 Å². The molecule has 1 N–H and O–H groups in total. The van der Waals surface area contributed by atoms with Gasteiger partial charge in [-0.15, -0.1) is 0 Å². The fraction of sp³-hybridized carbons (Fsp3) is 0.143. The van der Waals surface area contributed by atoms with E-state index in [4.69, 9.17) is 5.26 Å². The molecule has 0 aliphatic heterocycles. The molecule has 0 saturated heterocycles. The maximum atomic E-state index is 13.2. The molecule has 0 spiro atoms. The zero-order valence-corrected chi connectivity index (χ0v) is 11.1. The van der Waals surface area contributed by atoms with E-state index in [1.54, 1.807) is 19.1 Å². The van der Waals surface area contributed by atoms with Gasteiger partial charge in [-0.25, -0.2) is 9.37 Å². The highest BCUT2D eigenvalue weighted by atomic mass is 19.1. The number of nitrogens with zero attached hydrogens (tertiary/aromatic N) is 3. The lowest BCUT2D eigenvalue weighted by Gasteiger charge is -2.15. The van der Waals surface area contributed by atoms with Gasteiger partial charge in [0.2, 0.25) is 0 Å². The molecule has 0 aliphatic carbocycles. The maximum Gasteiger partial charge on any atom is 0.289 e. The molecule has 0 saturated carbocycles. The third-order valence-electron chi connectivity index (χ3n) is 2.91. The number of nitriles is 1. The lowest BCUT2D eigenvalue weighted by molar-refractivity contribution is -0.385. The van der Waals surface area contributed by atoms with Crippen molar-refractivity contribution in [2.45, 2.75) is 13.0 Å². The molecule has 0 fully saturated rings. The minimum atomic E-state index is -0.617. The van der Waals surface area contributed by atoms with E-state index in [2.05, 4.69) is 10.3 Å². The normalized spacial score (nSPS) is 11.5. The van der Waals surface area contributed by atoms with Crippen LogP contribution in [-0.4, -0.2) is 9.91 Å². The molecular weight excluding hydrogens is 275 g/mol. The molecule has 6 nitrogen and oxygen atoms in total. The number of aromatic nitrogens is 1. The molecule has 2 rings (SSSR count). The lowest BCUT2D eigenvalue weighted by atomic mass is 10.1. The van der Waals surface area contributed by atoms with E-state index >= 15 is 0 Å². The molecule has 2 aromatic rings. The fourth-order valence-corrected chi connectivity index (χ4v) is 1.82. The molecule has 7 heteroatoms. The SMILES string of the molecule is CC(Nc1ncc([N+](=O)[O-])cc1C#N)c1cccc(F)c1. The van der Waals surface area contributed by atoms with Gasteiger partial charge in [-0.2, -0.15) is 5.26 Å². The Kier molecular flexibility index (Phi) is 4.09. The largest absolute Gasteiger partial charge is 0.362 e. The summed E-state index contributed by atoms with van der Waals surface area (Å²) < 4.78 is 13.2. The summed E-state index contributed by atoms with van der Waals surface area (Å²) in [5, 5.41) is 22.6. The first kappa shape index (κ1) is 14.4. The summed E-state index contributed by atoms with van der Waals surface area (Å²) in [5.41, 5.74) is 0.488. The molecule has 0 bridgehead atoms. The van der Waals surface area contributed by atoms with Gasteiger partial charge in [0.05, 0.1) is 11.0 Å². The van der Waals surface area contributed by atoms with Crippen molar-refractivity contribution in [2.24, 2.45) is 0 Å². The van der Waals surface area contributed by atoms with Gasteiger partial charge in [-0.3, -0.25) is 10.1 Å². The van der Waals surface area contributed by atoms with Crippen molar-refractivity contribution in [3.63, 3.8) is 0 Å². The molecule has 1 unspecified atom stereocenters. The van der Waals surface area contributed by atoms with Crippen molar-refractivity contribution in [1.29, 1.82) is 5.26 Å². The first-order valence-electron chi connectivity index (χ1n) is 6.08. The van der Waals surface area contributed by atoms with E-state index in [1.165, 1.54) is 12.1 Å². The number of nitro groups is 1. The van der Waals surface area contributed by atoms with Gasteiger partial charge in [0.15, 0.2) is 0 Å². The fourth-order valence-electron chi connectivity index (χ4n) is 1.82. The average molecular weight is 286 g/mol. The average Bonchev–Trinajstić information content (AvgIpc) is 2.47. The highest BCUT2D eigenvalue weighted by molar-refractivity contribution is 5.56. The van der Waals surface area contributed by atoms with Crippen LogP contribution in [0.5, 0.6) is 0 Å². The zero-order valence-electron chi connectivity index (χ0n) is 11.1. The van der Waals surface area contributed by atoms with Gasteiger partial charge in [-0.05, 0) is 24.6 Å². The predicted octanol–water partition coefficient (Wildman–Crippen LogP) is 3.17. The Bertz CT molecular complexity index is 727. The van der Waals surface area contributed by atoms with Crippen molar-refractivity contribution in [3.8, 4) is 6.07 Å². The standard InChI is InChI=1S/C14H11FN4O2/c1-9(10-3-2-4-12(15)5-10)18-14-11(7-16)6-13(8-17-14)19(20)21/h2-6,8-9H,1H3,(H,17,18). The van der Waals surface area contributed by atoms with Crippen LogP contribution in [0, 0.1) is 27.3 Å². The van der Waals surface area contributed by atoms with Crippen LogP contribution < -0.4 is 5.32 Å². The third kappa shape index (κ3) is 3.30. The number of pyridine rings is 1. The second-order valence-electron chi connectivity index (χ2n) is 4.38. The Balaban J connectivity index is 2.27. The summed E-state index contributed by atoms with van der Waals surface area (Å²) in [4.78, 5) is 13.9. The topological polar surface area (TPSA) is 91.8 Å². The highest BCUT2D eigenvalue weighted by Crippen LogP contribution is 2.23. The van der Waals surface area contributed by atoms with Crippen LogP contribution in [0.3, 0.4) is 0 Å². The van der Waals surface area contributed by atoms with E-state index in [0.717, 1.165) is 12.3 Å². The maximum absolute atomic E-state index is 13.2. The summed E-state index contributed by atoms with van der Waals surface area (Å²) in [6, 6.07) is 8.72. The van der Waals surface area contributed by atoms with Crippen LogP contribution in [0.4, 0.5) is 15.9 Å². The van der Waals surface area contributed by atoms with Gasteiger partial charge < -0.3 is 5.32 Å². The van der Waals surface area contributed by atoms with Crippen LogP contribution in [0.1, 0.15) is 24.1 Å². The second-order valence-corrected chi connectivity index (χ2v) is 4.38. The van der Waals surface area contributed by atoms with Crippen molar-refractivity contribution in [2.75, 3.05) is 5.32 Å². The summed E-state index contributed by atoms with van der Waals surface area (Å²) in [7, 11) is 0. The number of nitrogens with one attached hydrogen (secondary N) is 1. The Morgan fingerprint density at radius 2 is 2.24 bits per heavy atom. The summed E-state index contributed by atoms with van der Waals surface area (Å²) in [5.74, 6) is -0.141. The minimum absolute atomic E-state index is 0.0625. The van der Waals surface area contributed by atoms with Crippen LogP contribution in [0.2, 0.25) is 0 Å². The molecule has 0 amide bonds. The van der Waals surface area contributed by atoms with E-state index < -0.39 is 4.92 Å². The molecule has 21 heavy (non-hydrogen) atoms. The summed E-state index contributed by atoms with van der Waals surface area (Å²) >= 11 is 0. The third-order valence-corrected chi connectivity index (χ3v) is 2.91. The number of hydrogen-bond donors (Lipinski definition) is 1. The number of rotatable bonds is 4. The Hall–Kier alpha value is -3.01. The molecule has 1 heterocycles. The molecular formula is C14H11FN4O2. The van der Waals surface area contributed by atoms with Gasteiger partial charge in [-0.1, -0.05) is 12.1 Å². The van der Waals surface area contributed by atoms with Crippen molar-refractivity contribution in [3.05, 3.63) is 63.6 Å². The molecule has 0 aliphatic rings. The molecule has 0 radical (unpaired) electrons. The van der Waals surface area contributed by atoms with Gasteiger partial charge in [0.25, 0.3) is 5.69 Å².